The number of aliphatic hydroxyl groups excluding tert-OH is 1. The summed E-state index contributed by atoms with van der Waals surface area (Å²) >= 11 is 6.11. The van der Waals surface area contributed by atoms with Crippen molar-refractivity contribution in [2.24, 2.45) is 0 Å². The molecule has 0 saturated carbocycles. The fourth-order valence-electron chi connectivity index (χ4n) is 1.92. The molecule has 0 unspecified atom stereocenters. The zero-order chi connectivity index (χ0) is 15.2. The lowest BCUT2D eigenvalue weighted by Crippen LogP contribution is -2.01. The van der Waals surface area contributed by atoms with Gasteiger partial charge < -0.3 is 14.6 Å². The molecule has 2 rings (SSSR count). The normalized spacial score (nSPS) is 10.5. The fourth-order valence-corrected chi connectivity index (χ4v) is 2.14. The summed E-state index contributed by atoms with van der Waals surface area (Å²) < 4.78 is 11.4. The molecule has 3 nitrogen and oxygen atoms in total. The van der Waals surface area contributed by atoms with E-state index in [1.54, 1.807) is 12.1 Å². The zero-order valence-electron chi connectivity index (χ0n) is 12.2. The Morgan fingerprint density at radius 2 is 1.71 bits per heavy atom. The van der Waals surface area contributed by atoms with Gasteiger partial charge in [-0.2, -0.15) is 0 Å². The second-order valence-corrected chi connectivity index (χ2v) is 5.16. The van der Waals surface area contributed by atoms with Crippen LogP contribution >= 0.6 is 11.6 Å². The maximum atomic E-state index is 9.26. The third-order valence-electron chi connectivity index (χ3n) is 3.10. The number of rotatable bonds is 6. The van der Waals surface area contributed by atoms with Gasteiger partial charge in [0, 0.05) is 6.07 Å². The van der Waals surface area contributed by atoms with Gasteiger partial charge in [-0.25, -0.2) is 0 Å². The van der Waals surface area contributed by atoms with E-state index in [0.29, 0.717) is 35.3 Å². The van der Waals surface area contributed by atoms with Crippen molar-refractivity contribution in [2.45, 2.75) is 27.1 Å². The summed E-state index contributed by atoms with van der Waals surface area (Å²) in [7, 11) is 0. The van der Waals surface area contributed by atoms with Crippen LogP contribution in [0.3, 0.4) is 0 Å². The van der Waals surface area contributed by atoms with Gasteiger partial charge in [0.1, 0.15) is 6.61 Å². The maximum Gasteiger partial charge on any atom is 0.163 e. The monoisotopic (exact) mass is 306 g/mol. The molecule has 0 aliphatic carbocycles. The van der Waals surface area contributed by atoms with Gasteiger partial charge >= 0.3 is 0 Å². The second kappa shape index (κ2) is 7.34. The third kappa shape index (κ3) is 4.13. The minimum atomic E-state index is -0.128. The number of aliphatic hydroxyl groups is 1. The molecule has 0 bridgehead atoms. The molecule has 21 heavy (non-hydrogen) atoms. The van der Waals surface area contributed by atoms with Crippen LogP contribution in [0.15, 0.2) is 36.4 Å². The standard InChI is InChI=1S/C17H19ClO3/c1-3-20-16-8-14(10-19)15(18)9-17(16)21-11-13-6-4-12(2)5-7-13/h4-9,19H,3,10-11H2,1-2H3. The van der Waals surface area contributed by atoms with Gasteiger partial charge in [0.05, 0.1) is 18.2 Å². The Labute approximate surface area is 130 Å². The molecule has 0 atom stereocenters. The van der Waals surface area contributed by atoms with E-state index >= 15 is 0 Å². The fraction of sp³-hybridized carbons (Fsp3) is 0.294. The molecule has 4 heteroatoms. The number of halogens is 1. The molecule has 112 valence electrons. The molecule has 1 N–H and O–H groups in total. The van der Waals surface area contributed by atoms with E-state index in [2.05, 4.69) is 0 Å². The third-order valence-corrected chi connectivity index (χ3v) is 3.45. The van der Waals surface area contributed by atoms with Crippen molar-refractivity contribution >= 4 is 11.6 Å². The molecule has 0 amide bonds. The predicted octanol–water partition coefficient (Wildman–Crippen LogP) is 4.12. The second-order valence-electron chi connectivity index (χ2n) is 4.76. The van der Waals surface area contributed by atoms with E-state index in [1.165, 1.54) is 5.56 Å². The van der Waals surface area contributed by atoms with Crippen LogP contribution in [0.5, 0.6) is 11.5 Å². The smallest absolute Gasteiger partial charge is 0.163 e. The van der Waals surface area contributed by atoms with E-state index in [9.17, 15) is 5.11 Å². The maximum absolute atomic E-state index is 9.26. The van der Waals surface area contributed by atoms with Crippen LogP contribution in [0.25, 0.3) is 0 Å². The summed E-state index contributed by atoms with van der Waals surface area (Å²) in [6.07, 6.45) is 0. The van der Waals surface area contributed by atoms with E-state index < -0.39 is 0 Å². The first-order chi connectivity index (χ1) is 10.1. The van der Waals surface area contributed by atoms with Crippen molar-refractivity contribution in [3.8, 4) is 11.5 Å². The average Bonchev–Trinajstić information content (AvgIpc) is 2.49. The summed E-state index contributed by atoms with van der Waals surface area (Å²) in [4.78, 5) is 0. The lowest BCUT2D eigenvalue weighted by atomic mass is 10.1. The van der Waals surface area contributed by atoms with Gasteiger partial charge in [-0.15, -0.1) is 0 Å². The summed E-state index contributed by atoms with van der Waals surface area (Å²) in [5.74, 6) is 1.18. The molecule has 0 heterocycles. The van der Waals surface area contributed by atoms with Crippen molar-refractivity contribution in [1.29, 1.82) is 0 Å². The summed E-state index contributed by atoms with van der Waals surface area (Å²) in [5, 5.41) is 9.73. The molecule has 2 aromatic rings. The first-order valence-electron chi connectivity index (χ1n) is 6.88. The Kier molecular flexibility index (Phi) is 5.48. The SMILES string of the molecule is CCOc1cc(CO)c(Cl)cc1OCc1ccc(C)cc1. The molecule has 0 aromatic heterocycles. The van der Waals surface area contributed by atoms with Crippen molar-refractivity contribution in [2.75, 3.05) is 6.61 Å². The average molecular weight is 307 g/mol. The van der Waals surface area contributed by atoms with Crippen LogP contribution in [-0.2, 0) is 13.2 Å². The van der Waals surface area contributed by atoms with Gasteiger partial charge in [-0.05, 0) is 31.0 Å². The minimum Gasteiger partial charge on any atom is -0.490 e. The van der Waals surface area contributed by atoms with Crippen molar-refractivity contribution in [3.05, 3.63) is 58.1 Å². The van der Waals surface area contributed by atoms with E-state index in [4.69, 9.17) is 21.1 Å². The Hall–Kier alpha value is -1.71. The molecule has 0 saturated heterocycles. The Bertz CT molecular complexity index is 594. The van der Waals surface area contributed by atoms with Crippen molar-refractivity contribution < 1.29 is 14.6 Å². The Balaban J connectivity index is 2.17. The Morgan fingerprint density at radius 3 is 2.33 bits per heavy atom. The van der Waals surface area contributed by atoms with E-state index in [-0.39, 0.29) is 6.61 Å². The molecule has 0 fully saturated rings. The van der Waals surface area contributed by atoms with E-state index in [1.807, 2.05) is 38.1 Å². The van der Waals surface area contributed by atoms with Gasteiger partial charge in [0.2, 0.25) is 0 Å². The quantitative estimate of drug-likeness (QED) is 0.872. The zero-order valence-corrected chi connectivity index (χ0v) is 13.0. The summed E-state index contributed by atoms with van der Waals surface area (Å²) in [5.41, 5.74) is 2.91. The molecule has 0 aliphatic heterocycles. The van der Waals surface area contributed by atoms with E-state index in [0.717, 1.165) is 5.56 Å². The number of hydrogen-bond donors (Lipinski definition) is 1. The van der Waals surface area contributed by atoms with Gasteiger partial charge in [-0.3, -0.25) is 0 Å². The summed E-state index contributed by atoms with van der Waals surface area (Å²) in [6, 6.07) is 11.6. The number of hydrogen-bond acceptors (Lipinski definition) is 3. The van der Waals surface area contributed by atoms with Crippen LogP contribution in [-0.4, -0.2) is 11.7 Å². The van der Waals surface area contributed by atoms with Crippen molar-refractivity contribution in [1.82, 2.24) is 0 Å². The Morgan fingerprint density at radius 1 is 1.05 bits per heavy atom. The summed E-state index contributed by atoms with van der Waals surface area (Å²) in [6.45, 7) is 4.78. The number of aryl methyl sites for hydroxylation is 1. The molecule has 0 aliphatic rings. The number of benzene rings is 2. The molecular weight excluding hydrogens is 288 g/mol. The van der Waals surface area contributed by atoms with Crippen LogP contribution in [0, 0.1) is 6.92 Å². The van der Waals surface area contributed by atoms with Crippen LogP contribution < -0.4 is 9.47 Å². The molecule has 2 aromatic carbocycles. The largest absolute Gasteiger partial charge is 0.490 e. The van der Waals surface area contributed by atoms with Crippen LogP contribution in [0.1, 0.15) is 23.6 Å². The van der Waals surface area contributed by atoms with Crippen LogP contribution in [0.2, 0.25) is 5.02 Å². The molecule has 0 spiro atoms. The highest BCUT2D eigenvalue weighted by Gasteiger charge is 2.11. The van der Waals surface area contributed by atoms with Crippen LogP contribution in [0.4, 0.5) is 0 Å². The highest BCUT2D eigenvalue weighted by atomic mass is 35.5. The van der Waals surface area contributed by atoms with Gasteiger partial charge in [0.15, 0.2) is 11.5 Å². The first-order valence-corrected chi connectivity index (χ1v) is 7.26. The highest BCUT2D eigenvalue weighted by Crippen LogP contribution is 2.34. The first kappa shape index (κ1) is 15.7. The topological polar surface area (TPSA) is 38.7 Å². The van der Waals surface area contributed by atoms with Gasteiger partial charge in [-0.1, -0.05) is 41.4 Å². The highest BCUT2D eigenvalue weighted by molar-refractivity contribution is 6.31. The predicted molar refractivity (Wildman–Crippen MR) is 84.1 cm³/mol. The lowest BCUT2D eigenvalue weighted by molar-refractivity contribution is 0.264. The minimum absolute atomic E-state index is 0.128. The number of ether oxygens (including phenoxy) is 2. The van der Waals surface area contributed by atoms with Gasteiger partial charge in [0.25, 0.3) is 0 Å². The molecular formula is C17H19ClO3. The molecule has 0 radical (unpaired) electrons. The van der Waals surface area contributed by atoms with Crippen molar-refractivity contribution in [3.63, 3.8) is 0 Å². The lowest BCUT2D eigenvalue weighted by Gasteiger charge is -2.14.